The van der Waals surface area contributed by atoms with Crippen molar-refractivity contribution in [2.24, 2.45) is 0 Å². The van der Waals surface area contributed by atoms with E-state index in [1.54, 1.807) is 0 Å². The first-order valence-corrected chi connectivity index (χ1v) is 35.3. The lowest BCUT2D eigenvalue weighted by Crippen LogP contribution is -2.30. The molecule has 466 valence electrons. The average molecular weight is 1120 g/mol. The molecule has 6 heteroatoms. The van der Waals surface area contributed by atoms with Gasteiger partial charge in [0.05, 0.1) is 0 Å². The highest BCUT2D eigenvalue weighted by atomic mass is 16.6. The molecule has 6 nitrogen and oxygen atoms in total. The summed E-state index contributed by atoms with van der Waals surface area (Å²) in [6.07, 6.45) is 88.1. The van der Waals surface area contributed by atoms with Gasteiger partial charge >= 0.3 is 17.9 Å². The van der Waals surface area contributed by atoms with Crippen molar-refractivity contribution in [1.82, 2.24) is 0 Å². The molecule has 0 fully saturated rings. The van der Waals surface area contributed by atoms with Gasteiger partial charge in [-0.3, -0.25) is 14.4 Å². The molecule has 0 aliphatic heterocycles. The normalized spacial score (nSPS) is 12.4. The zero-order valence-corrected chi connectivity index (χ0v) is 53.6. The predicted molar refractivity (Wildman–Crippen MR) is 348 cm³/mol. The number of ether oxygens (including phenoxy) is 3. The van der Waals surface area contributed by atoms with Crippen LogP contribution < -0.4 is 0 Å². The molecule has 0 aromatic rings. The highest BCUT2D eigenvalue weighted by molar-refractivity contribution is 5.71. The Morgan fingerprint density at radius 3 is 0.738 bits per heavy atom. The summed E-state index contributed by atoms with van der Waals surface area (Å²) in [5.41, 5.74) is 0. The Bertz CT molecular complexity index is 1430. The first-order chi connectivity index (χ1) is 39.5. The maximum Gasteiger partial charge on any atom is 0.306 e. The van der Waals surface area contributed by atoms with Gasteiger partial charge in [0.25, 0.3) is 0 Å². The molecule has 80 heavy (non-hydrogen) atoms. The third-order valence-electron chi connectivity index (χ3n) is 15.7. The van der Waals surface area contributed by atoms with Gasteiger partial charge in [0.2, 0.25) is 0 Å². The van der Waals surface area contributed by atoms with Gasteiger partial charge in [-0.2, -0.15) is 0 Å². The first-order valence-electron chi connectivity index (χ1n) is 35.3. The van der Waals surface area contributed by atoms with Crippen LogP contribution in [0.15, 0.2) is 60.8 Å². The smallest absolute Gasteiger partial charge is 0.306 e. The average Bonchev–Trinajstić information content (AvgIpc) is 3.46. The van der Waals surface area contributed by atoms with Crippen LogP contribution in [0.5, 0.6) is 0 Å². The molecule has 0 heterocycles. The maximum absolute atomic E-state index is 12.9. The summed E-state index contributed by atoms with van der Waals surface area (Å²) in [6, 6.07) is 0. The topological polar surface area (TPSA) is 78.9 Å². The minimum atomic E-state index is -0.783. The van der Waals surface area contributed by atoms with Crippen molar-refractivity contribution in [3.05, 3.63) is 60.8 Å². The lowest BCUT2D eigenvalue weighted by molar-refractivity contribution is -0.167. The first kappa shape index (κ1) is 77.1. The van der Waals surface area contributed by atoms with E-state index in [9.17, 15) is 14.4 Å². The van der Waals surface area contributed by atoms with Crippen LogP contribution in [0.3, 0.4) is 0 Å². The quantitative estimate of drug-likeness (QED) is 0.0261. The lowest BCUT2D eigenvalue weighted by atomic mass is 10.0. The monoisotopic (exact) mass is 1120 g/mol. The van der Waals surface area contributed by atoms with E-state index in [0.717, 1.165) is 83.5 Å². The molecule has 0 aromatic carbocycles. The molecular formula is C74H134O6. The summed E-state index contributed by atoms with van der Waals surface area (Å²) in [6.45, 7) is 6.64. The fourth-order valence-electron chi connectivity index (χ4n) is 10.4. The van der Waals surface area contributed by atoms with Crippen LogP contribution in [0.25, 0.3) is 0 Å². The van der Waals surface area contributed by atoms with Crippen molar-refractivity contribution in [2.45, 2.75) is 380 Å². The summed E-state index contributed by atoms with van der Waals surface area (Å²) in [5, 5.41) is 0. The minimum absolute atomic E-state index is 0.0772. The fraction of sp³-hybridized carbons (Fsp3) is 0.824. The van der Waals surface area contributed by atoms with E-state index >= 15 is 0 Å². The van der Waals surface area contributed by atoms with Crippen LogP contribution in [0.2, 0.25) is 0 Å². The van der Waals surface area contributed by atoms with Crippen LogP contribution >= 0.6 is 0 Å². The second-order valence-electron chi connectivity index (χ2n) is 23.8. The molecule has 1 unspecified atom stereocenters. The largest absolute Gasteiger partial charge is 0.462 e. The molecule has 0 N–H and O–H groups in total. The van der Waals surface area contributed by atoms with Crippen LogP contribution in [0.1, 0.15) is 374 Å². The van der Waals surface area contributed by atoms with Gasteiger partial charge < -0.3 is 14.2 Å². The third-order valence-corrected chi connectivity index (χ3v) is 15.7. The molecule has 0 aromatic heterocycles. The molecular weight excluding hydrogens is 985 g/mol. The molecule has 1 atom stereocenters. The zero-order chi connectivity index (χ0) is 57.8. The van der Waals surface area contributed by atoms with Crippen LogP contribution in [0.4, 0.5) is 0 Å². The van der Waals surface area contributed by atoms with Crippen molar-refractivity contribution in [3.63, 3.8) is 0 Å². The number of hydrogen-bond acceptors (Lipinski definition) is 6. The number of carbonyl (C=O) groups excluding carboxylic acids is 3. The van der Waals surface area contributed by atoms with E-state index in [2.05, 4.69) is 81.5 Å². The second kappa shape index (κ2) is 68.6. The number of carbonyl (C=O) groups is 3. The maximum atomic E-state index is 12.9. The molecule has 0 saturated carbocycles. The highest BCUT2D eigenvalue weighted by Gasteiger charge is 2.19. The van der Waals surface area contributed by atoms with Crippen LogP contribution in [0, 0.1) is 0 Å². The number of allylic oxidation sites excluding steroid dienone is 10. The number of rotatable bonds is 65. The van der Waals surface area contributed by atoms with Crippen molar-refractivity contribution < 1.29 is 28.6 Å². The Hall–Kier alpha value is -2.89. The molecule has 0 radical (unpaired) electrons. The van der Waals surface area contributed by atoms with Crippen molar-refractivity contribution in [2.75, 3.05) is 13.2 Å². The third kappa shape index (κ3) is 65.9. The Kier molecular flexibility index (Phi) is 66.1. The van der Waals surface area contributed by atoms with Crippen molar-refractivity contribution in [1.29, 1.82) is 0 Å². The van der Waals surface area contributed by atoms with E-state index in [-0.39, 0.29) is 31.1 Å². The summed E-state index contributed by atoms with van der Waals surface area (Å²) in [5.74, 6) is -0.871. The highest BCUT2D eigenvalue weighted by Crippen LogP contribution is 2.17. The number of esters is 3. The van der Waals surface area contributed by atoms with Crippen molar-refractivity contribution in [3.8, 4) is 0 Å². The standard InChI is InChI=1S/C74H134O6/c1-4-7-10-13-16-19-22-25-28-31-33-34-35-36-37-38-39-40-41-44-46-49-52-55-58-61-64-67-73(76)79-70-71(69-78-72(75)66-63-60-57-54-51-48-45-42-30-27-24-21-18-15-12-9-6-3)80-74(77)68-65-62-59-56-53-50-47-43-32-29-26-23-20-17-14-11-8-5-2/h18,20-21,23,27,29-33,71H,4-17,19,22,24-26,28,34-70H2,1-3H3/b21-18-,23-20-,30-27-,32-29-,33-31-. The van der Waals surface area contributed by atoms with E-state index in [1.165, 1.54) is 250 Å². The van der Waals surface area contributed by atoms with Gasteiger partial charge in [-0.05, 0) is 109 Å². The summed E-state index contributed by atoms with van der Waals surface area (Å²) in [4.78, 5) is 38.4. The minimum Gasteiger partial charge on any atom is -0.462 e. The van der Waals surface area contributed by atoms with E-state index in [1.807, 2.05) is 0 Å². The van der Waals surface area contributed by atoms with Gasteiger partial charge in [-0.1, -0.05) is 306 Å². The molecule has 0 bridgehead atoms. The van der Waals surface area contributed by atoms with E-state index in [4.69, 9.17) is 14.2 Å². The fourth-order valence-corrected chi connectivity index (χ4v) is 10.4. The van der Waals surface area contributed by atoms with Crippen molar-refractivity contribution >= 4 is 17.9 Å². The Balaban J connectivity index is 4.29. The van der Waals surface area contributed by atoms with Gasteiger partial charge in [0, 0.05) is 19.3 Å². The van der Waals surface area contributed by atoms with E-state index in [0.29, 0.717) is 19.3 Å². The van der Waals surface area contributed by atoms with Crippen LogP contribution in [-0.2, 0) is 28.6 Å². The number of unbranched alkanes of at least 4 members (excludes halogenated alkanes) is 44. The summed E-state index contributed by atoms with van der Waals surface area (Å²) < 4.78 is 17.0. The lowest BCUT2D eigenvalue weighted by Gasteiger charge is -2.18. The van der Waals surface area contributed by atoms with Gasteiger partial charge in [-0.15, -0.1) is 0 Å². The molecule has 0 aliphatic carbocycles. The Morgan fingerprint density at radius 1 is 0.250 bits per heavy atom. The zero-order valence-electron chi connectivity index (χ0n) is 53.6. The Morgan fingerprint density at radius 2 is 0.450 bits per heavy atom. The number of hydrogen-bond donors (Lipinski definition) is 0. The molecule has 0 aliphatic rings. The molecule has 0 rings (SSSR count). The molecule has 0 saturated heterocycles. The Labute approximate surface area is 498 Å². The van der Waals surface area contributed by atoms with Gasteiger partial charge in [-0.25, -0.2) is 0 Å². The van der Waals surface area contributed by atoms with Gasteiger partial charge in [0.15, 0.2) is 6.10 Å². The van der Waals surface area contributed by atoms with Gasteiger partial charge in [0.1, 0.15) is 13.2 Å². The second-order valence-corrected chi connectivity index (χ2v) is 23.8. The molecule has 0 spiro atoms. The summed E-state index contributed by atoms with van der Waals surface area (Å²) >= 11 is 0. The van der Waals surface area contributed by atoms with E-state index < -0.39 is 6.10 Å². The van der Waals surface area contributed by atoms with Crippen LogP contribution in [-0.4, -0.2) is 37.2 Å². The predicted octanol–water partition coefficient (Wildman–Crippen LogP) is 24.3. The summed E-state index contributed by atoms with van der Waals surface area (Å²) in [7, 11) is 0. The SMILES string of the molecule is CCCCC/C=C\C/C=C\CCCCCCCCCC(=O)OCC(COC(=O)CCCCCCCCCCCCCCCCC/C=C\CCCCCCCCCC)OC(=O)CCCCCCCCC/C=C\C/C=C\CCCCCC. The molecule has 0 amide bonds.